The van der Waals surface area contributed by atoms with Crippen molar-refractivity contribution in [2.75, 3.05) is 37.7 Å². The lowest BCUT2D eigenvalue weighted by atomic mass is 10.1. The first kappa shape index (κ1) is 14.2. The Morgan fingerprint density at radius 1 is 1.26 bits per heavy atom. The highest BCUT2D eigenvalue weighted by atomic mass is 16.5. The Kier molecular flexibility index (Phi) is 3.49. The molecular weight excluding hydrogens is 296 g/mol. The fourth-order valence-corrected chi connectivity index (χ4v) is 3.27. The number of hydrogen-bond acceptors (Lipinski definition) is 4. The van der Waals surface area contributed by atoms with Crippen LogP contribution in [0.1, 0.15) is 6.42 Å². The summed E-state index contributed by atoms with van der Waals surface area (Å²) in [5, 5.41) is 8.11. The molecule has 2 amide bonds. The highest BCUT2D eigenvalue weighted by molar-refractivity contribution is 6.05. The van der Waals surface area contributed by atoms with Crippen LogP contribution in [0, 0.1) is 5.92 Å². The molecular formula is C16H18N4O3. The average Bonchev–Trinajstić information content (AvgIpc) is 3.18. The lowest BCUT2D eigenvalue weighted by Crippen LogP contribution is -2.44. The van der Waals surface area contributed by atoms with Crippen molar-refractivity contribution in [1.82, 2.24) is 15.1 Å². The fraction of sp³-hybridized carbons (Fsp3) is 0.438. The van der Waals surface area contributed by atoms with Crippen molar-refractivity contribution < 1.29 is 14.3 Å². The van der Waals surface area contributed by atoms with E-state index in [0.717, 1.165) is 10.9 Å². The Labute approximate surface area is 133 Å². The van der Waals surface area contributed by atoms with E-state index in [1.807, 2.05) is 24.3 Å². The Morgan fingerprint density at radius 2 is 2.04 bits per heavy atom. The minimum Gasteiger partial charge on any atom is -0.378 e. The molecule has 7 nitrogen and oxygen atoms in total. The van der Waals surface area contributed by atoms with Crippen molar-refractivity contribution in [1.29, 1.82) is 0 Å². The number of aromatic nitrogens is 2. The summed E-state index contributed by atoms with van der Waals surface area (Å²) in [4.78, 5) is 28.4. The molecule has 0 aliphatic carbocycles. The molecule has 2 aliphatic heterocycles. The second-order valence-electron chi connectivity index (χ2n) is 5.94. The van der Waals surface area contributed by atoms with Gasteiger partial charge in [0.2, 0.25) is 11.8 Å². The van der Waals surface area contributed by atoms with Crippen LogP contribution in [0.4, 0.5) is 5.82 Å². The summed E-state index contributed by atoms with van der Waals surface area (Å²) in [5.41, 5.74) is 0.887. The molecule has 0 bridgehead atoms. The average molecular weight is 314 g/mol. The third kappa shape index (κ3) is 2.46. The summed E-state index contributed by atoms with van der Waals surface area (Å²) in [6, 6.07) is 7.68. The Hall–Kier alpha value is -2.41. The summed E-state index contributed by atoms with van der Waals surface area (Å²) < 4.78 is 5.28. The number of aromatic amines is 1. The van der Waals surface area contributed by atoms with Gasteiger partial charge in [0.15, 0.2) is 5.82 Å². The molecule has 120 valence electrons. The van der Waals surface area contributed by atoms with Crippen LogP contribution in [0.5, 0.6) is 0 Å². The molecule has 1 aromatic heterocycles. The largest absolute Gasteiger partial charge is 0.378 e. The molecule has 1 aromatic carbocycles. The van der Waals surface area contributed by atoms with E-state index in [4.69, 9.17) is 4.74 Å². The van der Waals surface area contributed by atoms with E-state index in [9.17, 15) is 9.59 Å². The van der Waals surface area contributed by atoms with Gasteiger partial charge in [-0.3, -0.25) is 19.6 Å². The van der Waals surface area contributed by atoms with E-state index in [0.29, 0.717) is 38.7 Å². The maximum Gasteiger partial charge on any atom is 0.229 e. The summed E-state index contributed by atoms with van der Waals surface area (Å²) in [6.45, 7) is 2.74. The zero-order valence-corrected chi connectivity index (χ0v) is 12.7. The van der Waals surface area contributed by atoms with Crippen LogP contribution < -0.4 is 4.90 Å². The molecule has 0 radical (unpaired) electrons. The minimum atomic E-state index is -0.295. The zero-order valence-electron chi connectivity index (χ0n) is 12.7. The molecule has 0 saturated carbocycles. The summed E-state index contributed by atoms with van der Waals surface area (Å²) in [7, 11) is 0. The van der Waals surface area contributed by atoms with Crippen LogP contribution in [0.3, 0.4) is 0 Å². The quantitative estimate of drug-likeness (QED) is 0.888. The number of morpholine rings is 1. The Morgan fingerprint density at radius 3 is 2.87 bits per heavy atom. The monoisotopic (exact) mass is 314 g/mol. The van der Waals surface area contributed by atoms with Crippen molar-refractivity contribution in [3.63, 3.8) is 0 Å². The summed E-state index contributed by atoms with van der Waals surface area (Å²) >= 11 is 0. The first-order valence-electron chi connectivity index (χ1n) is 7.84. The van der Waals surface area contributed by atoms with Gasteiger partial charge in [0.25, 0.3) is 0 Å². The molecule has 2 aliphatic rings. The number of rotatable bonds is 2. The lowest BCUT2D eigenvalue weighted by molar-refractivity contribution is -0.139. The van der Waals surface area contributed by atoms with Crippen molar-refractivity contribution in [2.24, 2.45) is 5.92 Å². The molecule has 0 unspecified atom stereocenters. The smallest absolute Gasteiger partial charge is 0.229 e. The van der Waals surface area contributed by atoms with Gasteiger partial charge in [-0.05, 0) is 12.1 Å². The molecule has 1 atom stereocenters. The van der Waals surface area contributed by atoms with Crippen LogP contribution in [0.2, 0.25) is 0 Å². The van der Waals surface area contributed by atoms with Gasteiger partial charge in [0.05, 0.1) is 24.6 Å². The number of carbonyl (C=O) groups excluding carboxylic acids is 2. The zero-order chi connectivity index (χ0) is 15.8. The minimum absolute atomic E-state index is 0.0454. The first-order chi connectivity index (χ1) is 11.2. The number of amides is 2. The van der Waals surface area contributed by atoms with Crippen LogP contribution in [0.15, 0.2) is 24.3 Å². The van der Waals surface area contributed by atoms with Gasteiger partial charge < -0.3 is 9.64 Å². The maximum absolute atomic E-state index is 12.6. The van der Waals surface area contributed by atoms with Gasteiger partial charge in [0, 0.05) is 31.4 Å². The van der Waals surface area contributed by atoms with Gasteiger partial charge in [0.1, 0.15) is 0 Å². The lowest BCUT2D eigenvalue weighted by Gasteiger charge is -2.28. The number of nitrogens with zero attached hydrogens (tertiary/aromatic N) is 3. The van der Waals surface area contributed by atoms with Crippen molar-refractivity contribution >= 4 is 28.5 Å². The number of carbonyl (C=O) groups is 2. The second-order valence-corrected chi connectivity index (χ2v) is 5.94. The number of para-hydroxylation sites is 1. The van der Waals surface area contributed by atoms with Gasteiger partial charge in [-0.25, -0.2) is 0 Å². The predicted molar refractivity (Wildman–Crippen MR) is 84.0 cm³/mol. The molecule has 1 N–H and O–H groups in total. The van der Waals surface area contributed by atoms with Gasteiger partial charge in [-0.2, -0.15) is 5.10 Å². The molecule has 2 fully saturated rings. The molecule has 23 heavy (non-hydrogen) atoms. The third-order valence-electron chi connectivity index (χ3n) is 4.50. The number of nitrogens with one attached hydrogen (secondary N) is 1. The van der Waals surface area contributed by atoms with Crippen LogP contribution in [-0.4, -0.2) is 59.8 Å². The Balaban J connectivity index is 1.55. The predicted octanol–water partition coefficient (Wildman–Crippen LogP) is 0.775. The maximum atomic E-state index is 12.6. The van der Waals surface area contributed by atoms with Crippen molar-refractivity contribution in [3.05, 3.63) is 24.3 Å². The standard InChI is InChI=1S/C16H18N4O3/c21-14-9-11(16(22)19-5-7-23-8-6-19)10-20(14)15-12-3-1-2-4-13(12)17-18-15/h1-4,11H,5-10H2,(H,17,18)/t11-/m0/s1. The van der Waals surface area contributed by atoms with Gasteiger partial charge in [-0.15, -0.1) is 0 Å². The molecule has 7 heteroatoms. The fourth-order valence-electron chi connectivity index (χ4n) is 3.27. The second kappa shape index (κ2) is 5.66. The SMILES string of the molecule is O=C([C@H]1CC(=O)N(c2n[nH]c3ccccc23)C1)N1CCOCC1. The van der Waals surface area contributed by atoms with E-state index in [1.165, 1.54) is 0 Å². The highest BCUT2D eigenvalue weighted by Crippen LogP contribution is 2.30. The van der Waals surface area contributed by atoms with Crippen LogP contribution in [0.25, 0.3) is 10.9 Å². The third-order valence-corrected chi connectivity index (χ3v) is 4.50. The van der Waals surface area contributed by atoms with Crippen LogP contribution in [-0.2, 0) is 14.3 Å². The number of hydrogen-bond donors (Lipinski definition) is 1. The topological polar surface area (TPSA) is 78.5 Å². The number of benzene rings is 1. The molecule has 2 saturated heterocycles. The van der Waals surface area contributed by atoms with Gasteiger partial charge >= 0.3 is 0 Å². The van der Waals surface area contributed by atoms with Crippen LogP contribution >= 0.6 is 0 Å². The number of fused-ring (bicyclic) bond motifs is 1. The van der Waals surface area contributed by atoms with Crippen molar-refractivity contribution in [2.45, 2.75) is 6.42 Å². The number of ether oxygens (including phenoxy) is 1. The molecule has 0 spiro atoms. The van der Waals surface area contributed by atoms with Gasteiger partial charge in [-0.1, -0.05) is 12.1 Å². The number of anilines is 1. The highest BCUT2D eigenvalue weighted by Gasteiger charge is 2.38. The Bertz CT molecular complexity index is 751. The van der Waals surface area contributed by atoms with Crippen molar-refractivity contribution in [3.8, 4) is 0 Å². The van der Waals surface area contributed by atoms with E-state index < -0.39 is 0 Å². The summed E-state index contributed by atoms with van der Waals surface area (Å²) in [6.07, 6.45) is 0.247. The number of H-pyrrole nitrogens is 1. The molecule has 2 aromatic rings. The van der Waals surface area contributed by atoms with E-state index in [2.05, 4.69) is 10.2 Å². The van der Waals surface area contributed by atoms with E-state index >= 15 is 0 Å². The van der Waals surface area contributed by atoms with E-state index in [1.54, 1.807) is 9.80 Å². The van der Waals surface area contributed by atoms with E-state index in [-0.39, 0.29) is 24.2 Å². The normalized spacial score (nSPS) is 22.1. The first-order valence-corrected chi connectivity index (χ1v) is 7.84. The molecule has 3 heterocycles. The molecule has 4 rings (SSSR count). The summed E-state index contributed by atoms with van der Waals surface area (Å²) in [5.74, 6) is 0.316.